The van der Waals surface area contributed by atoms with Crippen LogP contribution in [-0.4, -0.2) is 26.1 Å². The Morgan fingerprint density at radius 3 is 2.85 bits per heavy atom. The Balaban J connectivity index is 2.71. The summed E-state index contributed by atoms with van der Waals surface area (Å²) in [6, 6.07) is 4.45. The molecular formula is C15H23FN2O2. The molecule has 1 unspecified atom stereocenters. The third-order valence-corrected chi connectivity index (χ3v) is 3.00. The third-order valence-electron chi connectivity index (χ3n) is 3.00. The van der Waals surface area contributed by atoms with Crippen LogP contribution in [0.15, 0.2) is 18.2 Å². The van der Waals surface area contributed by atoms with E-state index in [-0.39, 0.29) is 30.8 Å². The monoisotopic (exact) mass is 282 g/mol. The Labute approximate surface area is 119 Å². The molecule has 1 amide bonds. The molecule has 0 aliphatic carbocycles. The van der Waals surface area contributed by atoms with Gasteiger partial charge < -0.3 is 15.4 Å². The number of carbonyl (C=O) groups excluding carboxylic acids is 1. The maximum atomic E-state index is 13.4. The van der Waals surface area contributed by atoms with Crippen molar-refractivity contribution in [1.82, 2.24) is 10.6 Å². The SMILES string of the molecule is CCCNC(C)c1cc(F)ccc1OCCC(=O)NC. The van der Waals surface area contributed by atoms with E-state index in [0.717, 1.165) is 18.5 Å². The number of ether oxygens (including phenoxy) is 1. The molecule has 0 fully saturated rings. The van der Waals surface area contributed by atoms with Crippen LogP contribution >= 0.6 is 0 Å². The fourth-order valence-corrected chi connectivity index (χ4v) is 1.84. The lowest BCUT2D eigenvalue weighted by Gasteiger charge is -2.18. The van der Waals surface area contributed by atoms with Crippen molar-refractivity contribution in [2.24, 2.45) is 0 Å². The minimum absolute atomic E-state index is 0.000603. The normalized spacial score (nSPS) is 12.0. The van der Waals surface area contributed by atoms with Crippen LogP contribution in [0.1, 0.15) is 38.3 Å². The average molecular weight is 282 g/mol. The van der Waals surface area contributed by atoms with Crippen molar-refractivity contribution in [3.8, 4) is 5.75 Å². The van der Waals surface area contributed by atoms with Gasteiger partial charge in [-0.3, -0.25) is 4.79 Å². The second kappa shape index (κ2) is 8.53. The van der Waals surface area contributed by atoms with Crippen molar-refractivity contribution >= 4 is 5.91 Å². The summed E-state index contributed by atoms with van der Waals surface area (Å²) < 4.78 is 19.0. The molecule has 0 aliphatic rings. The lowest BCUT2D eigenvalue weighted by Crippen LogP contribution is -2.22. The maximum Gasteiger partial charge on any atom is 0.223 e. The molecule has 112 valence electrons. The zero-order chi connectivity index (χ0) is 15.0. The van der Waals surface area contributed by atoms with Crippen molar-refractivity contribution < 1.29 is 13.9 Å². The van der Waals surface area contributed by atoms with E-state index in [1.54, 1.807) is 13.1 Å². The van der Waals surface area contributed by atoms with Gasteiger partial charge in [-0.2, -0.15) is 0 Å². The number of hydrogen-bond acceptors (Lipinski definition) is 3. The van der Waals surface area contributed by atoms with Gasteiger partial charge in [-0.05, 0) is 38.1 Å². The summed E-state index contributed by atoms with van der Waals surface area (Å²) in [4.78, 5) is 11.2. The number of benzene rings is 1. The van der Waals surface area contributed by atoms with Crippen molar-refractivity contribution in [1.29, 1.82) is 0 Å². The van der Waals surface area contributed by atoms with Crippen molar-refractivity contribution in [3.05, 3.63) is 29.6 Å². The zero-order valence-corrected chi connectivity index (χ0v) is 12.3. The Kier molecular flexibility index (Phi) is 7.01. The van der Waals surface area contributed by atoms with Crippen LogP contribution in [0.25, 0.3) is 0 Å². The first-order valence-electron chi connectivity index (χ1n) is 6.94. The highest BCUT2D eigenvalue weighted by Crippen LogP contribution is 2.26. The van der Waals surface area contributed by atoms with Crippen molar-refractivity contribution in [3.63, 3.8) is 0 Å². The molecule has 0 aliphatic heterocycles. The van der Waals surface area contributed by atoms with E-state index >= 15 is 0 Å². The van der Waals surface area contributed by atoms with Crippen LogP contribution in [0.2, 0.25) is 0 Å². The summed E-state index contributed by atoms with van der Waals surface area (Å²) in [6.07, 6.45) is 1.29. The van der Waals surface area contributed by atoms with Gasteiger partial charge in [-0.1, -0.05) is 6.92 Å². The molecular weight excluding hydrogens is 259 g/mol. The van der Waals surface area contributed by atoms with Gasteiger partial charge in [-0.25, -0.2) is 4.39 Å². The first kappa shape index (κ1) is 16.4. The van der Waals surface area contributed by atoms with Gasteiger partial charge in [-0.15, -0.1) is 0 Å². The predicted molar refractivity (Wildman–Crippen MR) is 77.3 cm³/mol. The molecule has 1 atom stereocenters. The van der Waals surface area contributed by atoms with E-state index in [2.05, 4.69) is 17.6 Å². The first-order chi connectivity index (χ1) is 9.58. The van der Waals surface area contributed by atoms with E-state index in [1.165, 1.54) is 12.1 Å². The Morgan fingerprint density at radius 2 is 2.20 bits per heavy atom. The van der Waals surface area contributed by atoms with Gasteiger partial charge in [0.25, 0.3) is 0 Å². The molecule has 0 heterocycles. The number of halogens is 1. The first-order valence-corrected chi connectivity index (χ1v) is 6.94. The Morgan fingerprint density at radius 1 is 1.45 bits per heavy atom. The topological polar surface area (TPSA) is 50.4 Å². The molecule has 0 spiro atoms. The molecule has 1 aromatic carbocycles. The second-order valence-electron chi connectivity index (χ2n) is 4.63. The molecule has 0 bridgehead atoms. The summed E-state index contributed by atoms with van der Waals surface area (Å²) >= 11 is 0. The molecule has 4 nitrogen and oxygen atoms in total. The molecule has 5 heteroatoms. The van der Waals surface area contributed by atoms with Crippen LogP contribution in [0, 0.1) is 5.82 Å². The van der Waals surface area contributed by atoms with Crippen molar-refractivity contribution in [2.45, 2.75) is 32.7 Å². The number of carbonyl (C=O) groups is 1. The van der Waals surface area contributed by atoms with Gasteiger partial charge >= 0.3 is 0 Å². The van der Waals surface area contributed by atoms with Crippen LogP contribution in [0.5, 0.6) is 5.75 Å². The second-order valence-corrected chi connectivity index (χ2v) is 4.63. The molecule has 1 aromatic rings. The van der Waals surface area contributed by atoms with Gasteiger partial charge in [0.15, 0.2) is 0 Å². The molecule has 2 N–H and O–H groups in total. The fourth-order valence-electron chi connectivity index (χ4n) is 1.84. The minimum atomic E-state index is -0.288. The van der Waals surface area contributed by atoms with E-state index in [1.807, 2.05) is 6.92 Å². The number of nitrogens with one attached hydrogen (secondary N) is 2. The quantitative estimate of drug-likeness (QED) is 0.770. The van der Waals surface area contributed by atoms with Gasteiger partial charge in [0.05, 0.1) is 13.0 Å². The summed E-state index contributed by atoms with van der Waals surface area (Å²) in [5, 5.41) is 5.83. The molecule has 1 rings (SSSR count). The number of amides is 1. The lowest BCUT2D eigenvalue weighted by atomic mass is 10.1. The largest absolute Gasteiger partial charge is 0.493 e. The summed E-state index contributed by atoms with van der Waals surface area (Å²) in [5.74, 6) is 0.251. The van der Waals surface area contributed by atoms with Gasteiger partial charge in [0.1, 0.15) is 11.6 Å². The molecule has 0 saturated heterocycles. The van der Waals surface area contributed by atoms with Crippen LogP contribution in [-0.2, 0) is 4.79 Å². The van der Waals surface area contributed by atoms with Crippen LogP contribution in [0.3, 0.4) is 0 Å². The highest BCUT2D eigenvalue weighted by atomic mass is 19.1. The predicted octanol–water partition coefficient (Wildman–Crippen LogP) is 2.40. The van der Waals surface area contributed by atoms with Gasteiger partial charge in [0, 0.05) is 18.7 Å². The standard InChI is InChI=1S/C15H23FN2O2/c1-4-8-18-11(2)13-10-12(16)5-6-14(13)20-9-7-15(19)17-3/h5-6,10-11,18H,4,7-9H2,1-3H3,(H,17,19). The Bertz CT molecular complexity index is 438. The zero-order valence-electron chi connectivity index (χ0n) is 12.3. The highest BCUT2D eigenvalue weighted by Gasteiger charge is 2.12. The van der Waals surface area contributed by atoms with Crippen LogP contribution < -0.4 is 15.4 Å². The highest BCUT2D eigenvalue weighted by molar-refractivity contribution is 5.75. The van der Waals surface area contributed by atoms with E-state index < -0.39 is 0 Å². The lowest BCUT2D eigenvalue weighted by molar-refractivity contribution is -0.121. The van der Waals surface area contributed by atoms with Gasteiger partial charge in [0.2, 0.25) is 5.91 Å². The molecule has 0 aromatic heterocycles. The van der Waals surface area contributed by atoms with E-state index in [0.29, 0.717) is 5.75 Å². The number of rotatable bonds is 8. The smallest absolute Gasteiger partial charge is 0.223 e. The Hall–Kier alpha value is -1.62. The van der Waals surface area contributed by atoms with Crippen LogP contribution in [0.4, 0.5) is 4.39 Å². The average Bonchev–Trinajstić information content (AvgIpc) is 2.45. The van der Waals surface area contributed by atoms with Crippen molar-refractivity contribution in [2.75, 3.05) is 20.2 Å². The summed E-state index contributed by atoms with van der Waals surface area (Å²) in [7, 11) is 1.59. The summed E-state index contributed by atoms with van der Waals surface area (Å²) in [6.45, 7) is 5.18. The van der Waals surface area contributed by atoms with E-state index in [9.17, 15) is 9.18 Å². The summed E-state index contributed by atoms with van der Waals surface area (Å²) in [5.41, 5.74) is 0.773. The molecule has 0 saturated carbocycles. The molecule has 0 radical (unpaired) electrons. The molecule has 20 heavy (non-hydrogen) atoms. The number of hydrogen-bond donors (Lipinski definition) is 2. The maximum absolute atomic E-state index is 13.4. The third kappa shape index (κ3) is 5.17. The van der Waals surface area contributed by atoms with E-state index in [4.69, 9.17) is 4.74 Å². The fraction of sp³-hybridized carbons (Fsp3) is 0.533. The minimum Gasteiger partial charge on any atom is -0.493 e.